The lowest BCUT2D eigenvalue weighted by Gasteiger charge is -2.27. The van der Waals surface area contributed by atoms with Crippen LogP contribution in [0.5, 0.6) is 0 Å². The molecule has 10 heteroatoms. The minimum atomic E-state index is -1.54. The van der Waals surface area contributed by atoms with E-state index >= 15 is 0 Å². The third-order valence-corrected chi connectivity index (χ3v) is 5.50. The van der Waals surface area contributed by atoms with Crippen molar-refractivity contribution < 1.29 is 22.4 Å². The maximum Gasteiger partial charge on any atom is 0.258 e. The van der Waals surface area contributed by atoms with Crippen LogP contribution in [0.1, 0.15) is 21.6 Å². The highest BCUT2D eigenvalue weighted by Crippen LogP contribution is 2.32. The minimum absolute atomic E-state index is 0.0754. The second kappa shape index (κ2) is 6.93. The largest absolute Gasteiger partial charge is 0.346 e. The molecule has 0 bridgehead atoms. The Morgan fingerprint density at radius 2 is 1.87 bits per heavy atom. The molecule has 5 rings (SSSR count). The lowest BCUT2D eigenvalue weighted by atomic mass is 9.99. The van der Waals surface area contributed by atoms with Gasteiger partial charge in [-0.25, -0.2) is 22.5 Å². The van der Waals surface area contributed by atoms with Crippen LogP contribution >= 0.6 is 0 Å². The van der Waals surface area contributed by atoms with Gasteiger partial charge in [0.2, 0.25) is 0 Å². The molecule has 0 radical (unpaired) electrons. The molecular weight excluding hydrogens is 414 g/mol. The number of nitrogens with one attached hydrogen (secondary N) is 1. The van der Waals surface area contributed by atoms with Gasteiger partial charge in [0.15, 0.2) is 23.3 Å². The lowest BCUT2D eigenvalue weighted by Crippen LogP contribution is -2.36. The molecule has 0 aliphatic carbocycles. The Hall–Kier alpha value is -3.69. The number of fused-ring (bicyclic) bond motifs is 2. The van der Waals surface area contributed by atoms with Gasteiger partial charge in [-0.2, -0.15) is 5.10 Å². The number of nitrogens with zero attached hydrogens (tertiary/aromatic N) is 4. The zero-order valence-electron chi connectivity index (χ0n) is 16.2. The number of halogens is 4. The summed E-state index contributed by atoms with van der Waals surface area (Å²) in [6, 6.07) is 3.43. The van der Waals surface area contributed by atoms with E-state index in [0.717, 1.165) is 18.3 Å². The first-order chi connectivity index (χ1) is 14.8. The van der Waals surface area contributed by atoms with E-state index < -0.39 is 29.2 Å². The summed E-state index contributed by atoms with van der Waals surface area (Å²) in [5, 5.41) is 4.77. The maximum atomic E-state index is 14.5. The van der Waals surface area contributed by atoms with Crippen LogP contribution in [0.2, 0.25) is 0 Å². The Labute approximate surface area is 173 Å². The number of hydrogen-bond donors (Lipinski definition) is 1. The number of rotatable bonds is 2. The van der Waals surface area contributed by atoms with Crippen LogP contribution in [-0.4, -0.2) is 37.1 Å². The fourth-order valence-corrected chi connectivity index (χ4v) is 4.11. The van der Waals surface area contributed by atoms with Crippen LogP contribution in [0.25, 0.3) is 22.3 Å². The van der Waals surface area contributed by atoms with Gasteiger partial charge in [0.1, 0.15) is 5.65 Å². The fraction of sp³-hybridized carbons (Fsp3) is 0.190. The van der Waals surface area contributed by atoms with Gasteiger partial charge >= 0.3 is 0 Å². The van der Waals surface area contributed by atoms with E-state index in [-0.39, 0.29) is 24.2 Å². The smallest absolute Gasteiger partial charge is 0.258 e. The van der Waals surface area contributed by atoms with Crippen molar-refractivity contribution in [1.29, 1.82) is 0 Å². The van der Waals surface area contributed by atoms with Crippen LogP contribution in [-0.2, 0) is 20.0 Å². The fourth-order valence-electron chi connectivity index (χ4n) is 4.11. The van der Waals surface area contributed by atoms with Gasteiger partial charge in [-0.3, -0.25) is 9.48 Å². The molecule has 1 aromatic carbocycles. The number of hydrogen-bond acceptors (Lipinski definition) is 3. The normalized spacial score (nSPS) is 13.6. The van der Waals surface area contributed by atoms with Crippen molar-refractivity contribution in [3.63, 3.8) is 0 Å². The van der Waals surface area contributed by atoms with Crippen molar-refractivity contribution in [3.05, 3.63) is 70.7 Å². The van der Waals surface area contributed by atoms with E-state index in [1.165, 1.54) is 9.58 Å². The molecule has 4 aromatic rings. The zero-order chi connectivity index (χ0) is 21.9. The zero-order valence-corrected chi connectivity index (χ0v) is 16.2. The van der Waals surface area contributed by atoms with Crippen molar-refractivity contribution >= 4 is 16.9 Å². The molecule has 0 saturated heterocycles. The van der Waals surface area contributed by atoms with Gasteiger partial charge in [0, 0.05) is 36.3 Å². The predicted molar refractivity (Wildman–Crippen MR) is 103 cm³/mol. The Balaban J connectivity index is 1.51. The first-order valence-corrected chi connectivity index (χ1v) is 9.45. The van der Waals surface area contributed by atoms with Crippen molar-refractivity contribution in [2.24, 2.45) is 7.05 Å². The molecule has 6 nitrogen and oxygen atoms in total. The van der Waals surface area contributed by atoms with Gasteiger partial charge in [-0.05, 0) is 24.6 Å². The summed E-state index contributed by atoms with van der Waals surface area (Å²) in [7, 11) is 1.60. The third kappa shape index (κ3) is 2.97. The number of carbonyl (C=O) groups is 1. The Morgan fingerprint density at radius 1 is 1.13 bits per heavy atom. The van der Waals surface area contributed by atoms with Crippen LogP contribution in [0.15, 0.2) is 30.6 Å². The van der Waals surface area contributed by atoms with Gasteiger partial charge < -0.3 is 9.88 Å². The second-order valence-electron chi connectivity index (χ2n) is 7.35. The van der Waals surface area contributed by atoms with Gasteiger partial charge in [-0.1, -0.05) is 0 Å². The second-order valence-corrected chi connectivity index (χ2v) is 7.35. The van der Waals surface area contributed by atoms with Crippen molar-refractivity contribution in [2.45, 2.75) is 13.0 Å². The van der Waals surface area contributed by atoms with E-state index in [2.05, 4.69) is 15.1 Å². The van der Waals surface area contributed by atoms with Crippen molar-refractivity contribution in [2.75, 3.05) is 6.54 Å². The molecule has 0 unspecified atom stereocenters. The number of carbonyl (C=O) groups excluding carboxylic acids is 1. The van der Waals surface area contributed by atoms with E-state index in [1.54, 1.807) is 19.3 Å². The molecule has 158 valence electrons. The van der Waals surface area contributed by atoms with Gasteiger partial charge in [0.25, 0.3) is 5.91 Å². The first-order valence-electron chi connectivity index (χ1n) is 9.45. The average molecular weight is 429 g/mol. The van der Waals surface area contributed by atoms with E-state index in [0.29, 0.717) is 34.4 Å². The lowest BCUT2D eigenvalue weighted by molar-refractivity contribution is 0.0729. The number of amides is 1. The van der Waals surface area contributed by atoms with Gasteiger partial charge in [-0.15, -0.1) is 0 Å². The molecule has 0 saturated carbocycles. The number of pyridine rings is 1. The Kier molecular flexibility index (Phi) is 4.31. The number of aromatic nitrogens is 4. The Bertz CT molecular complexity index is 1340. The summed E-state index contributed by atoms with van der Waals surface area (Å²) in [5.74, 6) is -5.34. The monoisotopic (exact) mass is 429 g/mol. The van der Waals surface area contributed by atoms with Gasteiger partial charge in [0.05, 0.1) is 29.7 Å². The summed E-state index contributed by atoms with van der Waals surface area (Å²) < 4.78 is 56.8. The number of benzene rings is 1. The highest BCUT2D eigenvalue weighted by atomic mass is 19.2. The van der Waals surface area contributed by atoms with Crippen LogP contribution in [0, 0.1) is 23.3 Å². The molecule has 0 fully saturated rings. The molecule has 1 N–H and O–H groups in total. The van der Waals surface area contributed by atoms with E-state index in [4.69, 9.17) is 0 Å². The van der Waals surface area contributed by atoms with Crippen LogP contribution in [0.4, 0.5) is 17.6 Å². The van der Waals surface area contributed by atoms with Crippen molar-refractivity contribution in [1.82, 2.24) is 24.6 Å². The minimum Gasteiger partial charge on any atom is -0.346 e. The van der Waals surface area contributed by atoms with Crippen LogP contribution in [0.3, 0.4) is 0 Å². The maximum absolute atomic E-state index is 14.5. The molecule has 1 aliphatic rings. The summed E-state index contributed by atoms with van der Waals surface area (Å²) in [6.07, 6.45) is 2.92. The summed E-state index contributed by atoms with van der Waals surface area (Å²) in [4.78, 5) is 21.3. The van der Waals surface area contributed by atoms with E-state index in [9.17, 15) is 22.4 Å². The highest BCUT2D eigenvalue weighted by Gasteiger charge is 2.30. The number of aromatic amines is 1. The molecule has 1 aliphatic heterocycles. The number of aryl methyl sites for hydroxylation is 1. The molecule has 1 amide bonds. The molecule has 0 atom stereocenters. The summed E-state index contributed by atoms with van der Waals surface area (Å²) >= 11 is 0. The SMILES string of the molecule is Cn1nc2c(c1-c1cc(F)c(F)c(F)c1)CCN(C(=O)c1c(F)cnc3[nH]ccc13)C2. The topological polar surface area (TPSA) is 66.8 Å². The Morgan fingerprint density at radius 3 is 2.61 bits per heavy atom. The van der Waals surface area contributed by atoms with Crippen molar-refractivity contribution in [3.8, 4) is 11.3 Å². The summed E-state index contributed by atoms with van der Waals surface area (Å²) in [5.41, 5.74) is 2.17. The third-order valence-electron chi connectivity index (χ3n) is 5.50. The predicted octanol–water partition coefficient (Wildman–Crippen LogP) is 3.72. The summed E-state index contributed by atoms with van der Waals surface area (Å²) in [6.45, 7) is 0.353. The molecule has 31 heavy (non-hydrogen) atoms. The molecule has 0 spiro atoms. The molecule has 3 aromatic heterocycles. The molecule has 4 heterocycles. The van der Waals surface area contributed by atoms with Crippen LogP contribution < -0.4 is 0 Å². The number of H-pyrrole nitrogens is 1. The molecular formula is C21H15F4N5O. The standard InChI is InChI=1S/C21H15F4N5O/c1-29-19(10-6-13(22)18(25)14(23)7-10)11-3-5-30(9-16(11)28-29)21(31)17-12-2-4-26-20(12)27-8-15(17)24/h2,4,6-8H,3,5,9H2,1H3,(H,26,27). The van der Waals surface area contributed by atoms with E-state index in [1.807, 2.05) is 0 Å². The highest BCUT2D eigenvalue weighted by molar-refractivity contribution is 6.05. The first kappa shape index (κ1) is 19.3. The average Bonchev–Trinajstić information content (AvgIpc) is 3.33. The quantitative estimate of drug-likeness (QED) is 0.390.